The molecule has 30 heavy (non-hydrogen) atoms. The first kappa shape index (κ1) is 20.2. The predicted octanol–water partition coefficient (Wildman–Crippen LogP) is 2.67. The van der Waals surface area contributed by atoms with Crippen LogP contribution in [0.4, 0.5) is 10.1 Å². The van der Waals surface area contributed by atoms with Crippen LogP contribution in [0.3, 0.4) is 0 Å². The van der Waals surface area contributed by atoms with Gasteiger partial charge in [0.05, 0.1) is 23.8 Å². The number of benzene rings is 2. The minimum Gasteiger partial charge on any atom is -0.491 e. The van der Waals surface area contributed by atoms with E-state index < -0.39 is 17.3 Å². The van der Waals surface area contributed by atoms with Gasteiger partial charge in [-0.3, -0.25) is 9.59 Å². The van der Waals surface area contributed by atoms with Gasteiger partial charge in [-0.25, -0.2) is 4.39 Å². The highest BCUT2D eigenvalue weighted by Crippen LogP contribution is 2.53. The first-order valence-corrected chi connectivity index (χ1v) is 9.73. The van der Waals surface area contributed by atoms with Crippen LogP contribution in [0, 0.1) is 18.2 Å². The second kappa shape index (κ2) is 7.63. The van der Waals surface area contributed by atoms with Crippen molar-refractivity contribution in [1.29, 1.82) is 0 Å². The van der Waals surface area contributed by atoms with Crippen molar-refractivity contribution in [2.24, 2.45) is 0 Å². The van der Waals surface area contributed by atoms with E-state index in [2.05, 4.69) is 16.6 Å². The Balaban J connectivity index is 1.96. The van der Waals surface area contributed by atoms with Gasteiger partial charge < -0.3 is 20.5 Å². The van der Waals surface area contributed by atoms with E-state index in [0.717, 1.165) is 0 Å². The summed E-state index contributed by atoms with van der Waals surface area (Å²) < 4.78 is 21.0. The van der Waals surface area contributed by atoms with E-state index in [9.17, 15) is 9.59 Å². The number of amides is 2. The lowest BCUT2D eigenvalue weighted by molar-refractivity contribution is -0.130. The fourth-order valence-corrected chi connectivity index (χ4v) is 4.44. The molecule has 0 bridgehead atoms. The second-order valence-corrected chi connectivity index (χ2v) is 7.61. The van der Waals surface area contributed by atoms with E-state index in [-0.39, 0.29) is 54.7 Å². The van der Waals surface area contributed by atoms with Gasteiger partial charge in [0.1, 0.15) is 23.6 Å². The third-order valence-electron chi connectivity index (χ3n) is 5.59. The summed E-state index contributed by atoms with van der Waals surface area (Å²) >= 11 is 6.08. The summed E-state index contributed by atoms with van der Waals surface area (Å²) in [6.45, 7) is -0.379. The maximum Gasteiger partial charge on any atom is 0.237 e. The van der Waals surface area contributed by atoms with Gasteiger partial charge in [-0.2, -0.15) is 0 Å². The summed E-state index contributed by atoms with van der Waals surface area (Å²) in [7, 11) is 0. The Morgan fingerprint density at radius 2 is 2.13 bits per heavy atom. The number of nitrogens with one attached hydrogen (secondary N) is 2. The number of piperidine rings is 1. The van der Waals surface area contributed by atoms with Crippen molar-refractivity contribution in [1.82, 2.24) is 5.32 Å². The summed E-state index contributed by atoms with van der Waals surface area (Å²) in [4.78, 5) is 25.6. The number of carbonyl (C=O) groups is 2. The molecule has 8 heteroatoms. The van der Waals surface area contributed by atoms with Crippen molar-refractivity contribution in [3.05, 3.63) is 57.9 Å². The summed E-state index contributed by atoms with van der Waals surface area (Å²) in [5.74, 6) is 0.928. The molecule has 2 aromatic rings. The number of anilines is 1. The molecular formula is C22H18ClFN2O4. The van der Waals surface area contributed by atoms with Crippen LogP contribution in [-0.4, -0.2) is 30.1 Å². The monoisotopic (exact) mass is 428 g/mol. The Kier molecular flexibility index (Phi) is 5.14. The normalized spacial score (nSPS) is 22.3. The predicted molar refractivity (Wildman–Crippen MR) is 109 cm³/mol. The largest absolute Gasteiger partial charge is 0.491 e. The van der Waals surface area contributed by atoms with Crippen molar-refractivity contribution < 1.29 is 23.8 Å². The van der Waals surface area contributed by atoms with Crippen molar-refractivity contribution >= 4 is 29.1 Å². The van der Waals surface area contributed by atoms with Crippen LogP contribution in [0.15, 0.2) is 30.3 Å². The number of ether oxygens (including phenoxy) is 1. The van der Waals surface area contributed by atoms with Crippen molar-refractivity contribution in [3.8, 4) is 18.1 Å². The van der Waals surface area contributed by atoms with E-state index in [0.29, 0.717) is 16.3 Å². The van der Waals surface area contributed by atoms with Gasteiger partial charge in [0.2, 0.25) is 11.8 Å². The number of aliphatic hydroxyl groups excluding tert-OH is 1. The van der Waals surface area contributed by atoms with Gasteiger partial charge >= 0.3 is 0 Å². The number of halogens is 2. The fraction of sp³-hybridized carbons (Fsp3) is 0.273. The Bertz CT molecular complexity index is 1100. The molecule has 154 valence electrons. The molecule has 6 nitrogen and oxygen atoms in total. The van der Waals surface area contributed by atoms with Crippen LogP contribution < -0.4 is 15.4 Å². The van der Waals surface area contributed by atoms with Crippen molar-refractivity contribution in [3.63, 3.8) is 0 Å². The quantitative estimate of drug-likeness (QED) is 0.653. The molecule has 2 heterocycles. The standard InChI is InChI=1S/C22H18ClFN2O4/c1-2-12-3-6-16(30-10-9-27)18(19(12)24)20-22(8-7-17(28)26-20)14-5-4-13(23)11-15(14)25-21(22)29/h1,3-6,11,20,27H,7-10H2,(H,25,29)(H,26,28)/t20-,22-/m1/s1. The van der Waals surface area contributed by atoms with Crippen LogP contribution in [0.2, 0.25) is 5.02 Å². The molecule has 3 N–H and O–H groups in total. The highest BCUT2D eigenvalue weighted by atomic mass is 35.5. The molecule has 2 aliphatic heterocycles. The summed E-state index contributed by atoms with van der Waals surface area (Å²) in [6.07, 6.45) is 5.70. The number of hydrogen-bond acceptors (Lipinski definition) is 4. The molecule has 1 spiro atoms. The Labute approximate surface area is 177 Å². The zero-order valence-corrected chi connectivity index (χ0v) is 16.6. The highest BCUT2D eigenvalue weighted by Gasteiger charge is 2.56. The van der Waals surface area contributed by atoms with Gasteiger partial charge in [0, 0.05) is 17.1 Å². The average molecular weight is 429 g/mol. The first-order chi connectivity index (χ1) is 14.4. The zero-order valence-electron chi connectivity index (χ0n) is 15.8. The summed E-state index contributed by atoms with van der Waals surface area (Å²) in [6, 6.07) is 6.76. The smallest absolute Gasteiger partial charge is 0.237 e. The van der Waals surface area contributed by atoms with Crippen molar-refractivity contribution in [2.75, 3.05) is 18.5 Å². The molecule has 0 unspecified atom stereocenters. The molecule has 1 saturated heterocycles. The molecule has 0 radical (unpaired) electrons. The van der Waals surface area contributed by atoms with Gasteiger partial charge in [-0.15, -0.1) is 6.42 Å². The molecule has 0 saturated carbocycles. The number of hydrogen-bond donors (Lipinski definition) is 3. The molecular weight excluding hydrogens is 411 g/mol. The maximum absolute atomic E-state index is 15.5. The number of rotatable bonds is 4. The summed E-state index contributed by atoms with van der Waals surface area (Å²) in [5, 5.41) is 15.2. The van der Waals surface area contributed by atoms with Gasteiger partial charge in [0.25, 0.3) is 0 Å². The SMILES string of the molecule is C#Cc1ccc(OCCO)c([C@H]2NC(=O)CC[C@]23C(=O)Nc2cc(Cl)ccc23)c1F. The molecule has 4 rings (SSSR count). The van der Waals surface area contributed by atoms with Crippen LogP contribution >= 0.6 is 11.6 Å². The van der Waals surface area contributed by atoms with E-state index in [1.807, 2.05) is 0 Å². The van der Waals surface area contributed by atoms with Gasteiger partial charge in [-0.05, 0) is 36.2 Å². The van der Waals surface area contributed by atoms with E-state index >= 15 is 4.39 Å². The number of terminal acetylenes is 1. The molecule has 0 aromatic heterocycles. The fourth-order valence-electron chi connectivity index (χ4n) is 4.27. The van der Waals surface area contributed by atoms with Crippen LogP contribution in [0.5, 0.6) is 5.75 Å². The van der Waals surface area contributed by atoms with Crippen LogP contribution in [-0.2, 0) is 15.0 Å². The van der Waals surface area contributed by atoms with Crippen LogP contribution in [0.25, 0.3) is 0 Å². The van der Waals surface area contributed by atoms with E-state index in [1.54, 1.807) is 18.2 Å². The van der Waals surface area contributed by atoms with Crippen LogP contribution in [0.1, 0.15) is 35.6 Å². The third-order valence-corrected chi connectivity index (χ3v) is 5.83. The molecule has 2 amide bonds. The molecule has 2 aromatic carbocycles. The lowest BCUT2D eigenvalue weighted by Gasteiger charge is -2.41. The average Bonchev–Trinajstić information content (AvgIpc) is 2.99. The first-order valence-electron chi connectivity index (χ1n) is 9.36. The second-order valence-electron chi connectivity index (χ2n) is 7.17. The Morgan fingerprint density at radius 1 is 1.33 bits per heavy atom. The number of carbonyl (C=O) groups excluding carboxylic acids is 2. The third kappa shape index (κ3) is 3.00. The van der Waals surface area contributed by atoms with Crippen molar-refractivity contribution in [2.45, 2.75) is 24.3 Å². The minimum atomic E-state index is -1.26. The number of aliphatic hydroxyl groups is 1. The lowest BCUT2D eigenvalue weighted by atomic mass is 9.67. The van der Waals surface area contributed by atoms with Gasteiger partial charge in [0.15, 0.2) is 0 Å². The topological polar surface area (TPSA) is 87.7 Å². The Morgan fingerprint density at radius 3 is 2.87 bits per heavy atom. The zero-order chi connectivity index (χ0) is 21.5. The highest BCUT2D eigenvalue weighted by molar-refractivity contribution is 6.31. The van der Waals surface area contributed by atoms with E-state index in [1.165, 1.54) is 12.1 Å². The maximum atomic E-state index is 15.5. The summed E-state index contributed by atoms with van der Waals surface area (Å²) in [5.41, 5.74) is -0.185. The lowest BCUT2D eigenvalue weighted by Crippen LogP contribution is -2.53. The van der Waals surface area contributed by atoms with E-state index in [4.69, 9.17) is 27.9 Å². The number of fused-ring (bicyclic) bond motifs is 2. The molecule has 2 aliphatic rings. The minimum absolute atomic E-state index is 0.0222. The molecule has 1 fully saturated rings. The van der Waals surface area contributed by atoms with Gasteiger partial charge in [-0.1, -0.05) is 23.6 Å². The Hall–Kier alpha value is -3.08. The molecule has 2 atom stereocenters. The molecule has 0 aliphatic carbocycles.